The molecular weight excluding hydrogens is 268 g/mol. The van der Waals surface area contributed by atoms with E-state index in [4.69, 9.17) is 5.11 Å². The number of nitrogens with zero attached hydrogens (tertiary/aromatic N) is 1. The van der Waals surface area contributed by atoms with Gasteiger partial charge >= 0.3 is 12.0 Å². The predicted molar refractivity (Wildman–Crippen MR) is 82.1 cm³/mol. The van der Waals surface area contributed by atoms with Gasteiger partial charge in [0.2, 0.25) is 0 Å². The highest BCUT2D eigenvalue weighted by molar-refractivity contribution is 5.76. The molecule has 1 aromatic carbocycles. The van der Waals surface area contributed by atoms with Gasteiger partial charge in [0.15, 0.2) is 0 Å². The Morgan fingerprint density at radius 3 is 2.43 bits per heavy atom. The van der Waals surface area contributed by atoms with Crippen molar-refractivity contribution in [1.29, 1.82) is 0 Å². The number of carbonyl (C=O) groups is 2. The van der Waals surface area contributed by atoms with Crippen LogP contribution in [0.3, 0.4) is 0 Å². The molecule has 0 bridgehead atoms. The lowest BCUT2D eigenvalue weighted by Gasteiger charge is -2.25. The number of unbranched alkanes of at least 4 members (excludes halogenated alkanes) is 1. The predicted octanol–water partition coefficient (Wildman–Crippen LogP) is 3.03. The third-order valence-corrected chi connectivity index (χ3v) is 3.33. The molecule has 0 spiro atoms. The molecule has 1 rings (SSSR count). The van der Waals surface area contributed by atoms with Gasteiger partial charge in [-0.05, 0) is 18.9 Å². The number of benzene rings is 1. The zero-order chi connectivity index (χ0) is 15.7. The maximum Gasteiger partial charge on any atom is 0.317 e. The Labute approximate surface area is 126 Å². The van der Waals surface area contributed by atoms with E-state index >= 15 is 0 Å². The van der Waals surface area contributed by atoms with Gasteiger partial charge < -0.3 is 15.3 Å². The fraction of sp³-hybridized carbons (Fsp3) is 0.500. The van der Waals surface area contributed by atoms with Crippen molar-refractivity contribution in [2.75, 3.05) is 13.1 Å². The normalized spacial score (nSPS) is 11.7. The smallest absolute Gasteiger partial charge is 0.317 e. The van der Waals surface area contributed by atoms with E-state index in [1.807, 2.05) is 37.3 Å². The van der Waals surface area contributed by atoms with Crippen LogP contribution in [-0.2, 0) is 4.79 Å². The average Bonchev–Trinajstić information content (AvgIpc) is 2.48. The second-order valence-corrected chi connectivity index (χ2v) is 4.94. The number of carboxylic acids is 1. The van der Waals surface area contributed by atoms with Crippen LogP contribution in [0.1, 0.15) is 44.7 Å². The van der Waals surface area contributed by atoms with E-state index in [0.717, 1.165) is 18.4 Å². The lowest BCUT2D eigenvalue weighted by molar-refractivity contribution is -0.137. The molecule has 2 amide bonds. The van der Waals surface area contributed by atoms with Gasteiger partial charge in [-0.25, -0.2) is 4.79 Å². The first-order valence-corrected chi connectivity index (χ1v) is 7.40. The minimum atomic E-state index is -0.930. The zero-order valence-electron chi connectivity index (χ0n) is 12.7. The van der Waals surface area contributed by atoms with Crippen molar-refractivity contribution in [3.63, 3.8) is 0 Å². The van der Waals surface area contributed by atoms with Crippen molar-refractivity contribution in [3.05, 3.63) is 35.9 Å². The molecule has 5 nitrogen and oxygen atoms in total. The van der Waals surface area contributed by atoms with Crippen molar-refractivity contribution in [2.24, 2.45) is 0 Å². The summed E-state index contributed by atoms with van der Waals surface area (Å²) < 4.78 is 0. The standard InChI is InChI=1S/C16H24N2O3/c1-3-5-11-18(4-2)16(21)17-14(12-15(19)20)13-9-7-6-8-10-13/h6-10,14H,3-5,11-12H2,1-2H3,(H,17,21)(H,19,20). The molecule has 0 radical (unpaired) electrons. The Kier molecular flexibility index (Phi) is 7.29. The number of carbonyl (C=O) groups excluding carboxylic acids is 1. The molecule has 0 aromatic heterocycles. The summed E-state index contributed by atoms with van der Waals surface area (Å²) in [7, 11) is 0. The van der Waals surface area contributed by atoms with Gasteiger partial charge in [0, 0.05) is 13.1 Å². The molecule has 0 saturated heterocycles. The van der Waals surface area contributed by atoms with E-state index in [1.54, 1.807) is 4.90 Å². The number of amides is 2. The molecule has 116 valence electrons. The van der Waals surface area contributed by atoms with Crippen molar-refractivity contribution in [3.8, 4) is 0 Å². The fourth-order valence-electron chi connectivity index (χ4n) is 2.10. The van der Waals surface area contributed by atoms with E-state index in [2.05, 4.69) is 12.2 Å². The number of rotatable bonds is 8. The number of nitrogens with one attached hydrogen (secondary N) is 1. The van der Waals surface area contributed by atoms with Crippen molar-refractivity contribution in [2.45, 2.75) is 39.2 Å². The van der Waals surface area contributed by atoms with E-state index < -0.39 is 12.0 Å². The van der Waals surface area contributed by atoms with Gasteiger partial charge in [0.05, 0.1) is 12.5 Å². The minimum absolute atomic E-state index is 0.124. The Morgan fingerprint density at radius 2 is 1.90 bits per heavy atom. The number of hydrogen-bond donors (Lipinski definition) is 2. The highest BCUT2D eigenvalue weighted by Gasteiger charge is 2.20. The molecule has 1 unspecified atom stereocenters. The van der Waals surface area contributed by atoms with E-state index in [-0.39, 0.29) is 12.5 Å². The van der Waals surface area contributed by atoms with Crippen LogP contribution >= 0.6 is 0 Å². The van der Waals surface area contributed by atoms with Crippen molar-refractivity contribution >= 4 is 12.0 Å². The first kappa shape index (κ1) is 17.0. The van der Waals surface area contributed by atoms with Crippen LogP contribution < -0.4 is 5.32 Å². The Morgan fingerprint density at radius 1 is 1.24 bits per heavy atom. The zero-order valence-corrected chi connectivity index (χ0v) is 12.7. The van der Waals surface area contributed by atoms with E-state index in [1.165, 1.54) is 0 Å². The molecule has 0 saturated carbocycles. The van der Waals surface area contributed by atoms with Gasteiger partial charge in [-0.2, -0.15) is 0 Å². The summed E-state index contributed by atoms with van der Waals surface area (Å²) >= 11 is 0. The molecule has 21 heavy (non-hydrogen) atoms. The molecule has 0 aliphatic heterocycles. The molecule has 0 fully saturated rings. The van der Waals surface area contributed by atoms with E-state index in [0.29, 0.717) is 13.1 Å². The van der Waals surface area contributed by atoms with Crippen molar-refractivity contribution < 1.29 is 14.7 Å². The molecule has 1 atom stereocenters. The summed E-state index contributed by atoms with van der Waals surface area (Å²) in [5.74, 6) is -0.930. The van der Waals surface area contributed by atoms with Crippen LogP contribution in [0.4, 0.5) is 4.79 Å². The largest absolute Gasteiger partial charge is 0.481 e. The lowest BCUT2D eigenvalue weighted by atomic mass is 10.0. The number of urea groups is 1. The summed E-state index contributed by atoms with van der Waals surface area (Å²) in [6, 6.07) is 8.48. The Hall–Kier alpha value is -2.04. The van der Waals surface area contributed by atoms with Crippen LogP contribution in [0.5, 0.6) is 0 Å². The Bertz CT molecular complexity index is 448. The average molecular weight is 292 g/mol. The number of hydrogen-bond acceptors (Lipinski definition) is 2. The van der Waals surface area contributed by atoms with Crippen LogP contribution in [0, 0.1) is 0 Å². The molecule has 0 aliphatic rings. The third-order valence-electron chi connectivity index (χ3n) is 3.33. The molecule has 2 N–H and O–H groups in total. The van der Waals surface area contributed by atoms with Gasteiger partial charge in [-0.3, -0.25) is 4.79 Å². The van der Waals surface area contributed by atoms with Crippen LogP contribution in [0.25, 0.3) is 0 Å². The topological polar surface area (TPSA) is 69.6 Å². The SMILES string of the molecule is CCCCN(CC)C(=O)NC(CC(=O)O)c1ccccc1. The summed E-state index contributed by atoms with van der Waals surface area (Å²) in [6.45, 7) is 5.29. The molecule has 0 heterocycles. The fourth-order valence-corrected chi connectivity index (χ4v) is 2.10. The lowest BCUT2D eigenvalue weighted by Crippen LogP contribution is -2.42. The first-order chi connectivity index (χ1) is 10.1. The second-order valence-electron chi connectivity index (χ2n) is 4.94. The molecular formula is C16H24N2O3. The maximum atomic E-state index is 12.3. The van der Waals surface area contributed by atoms with Crippen LogP contribution in [0.2, 0.25) is 0 Å². The molecule has 1 aromatic rings. The van der Waals surface area contributed by atoms with Gasteiger partial charge in [0.1, 0.15) is 0 Å². The third kappa shape index (κ3) is 5.85. The van der Waals surface area contributed by atoms with E-state index in [9.17, 15) is 9.59 Å². The van der Waals surface area contributed by atoms with Crippen molar-refractivity contribution in [1.82, 2.24) is 10.2 Å². The molecule has 5 heteroatoms. The monoisotopic (exact) mass is 292 g/mol. The van der Waals surface area contributed by atoms with Gasteiger partial charge in [-0.1, -0.05) is 43.7 Å². The maximum absolute atomic E-state index is 12.3. The highest BCUT2D eigenvalue weighted by atomic mass is 16.4. The number of aliphatic carboxylic acids is 1. The number of carboxylic acid groups (broad SMARTS) is 1. The second kappa shape index (κ2) is 9.00. The Balaban J connectivity index is 2.76. The summed E-state index contributed by atoms with van der Waals surface area (Å²) in [6.07, 6.45) is 1.83. The minimum Gasteiger partial charge on any atom is -0.481 e. The molecule has 0 aliphatic carbocycles. The van der Waals surface area contributed by atoms with Gasteiger partial charge in [-0.15, -0.1) is 0 Å². The van der Waals surface area contributed by atoms with Crippen LogP contribution in [0.15, 0.2) is 30.3 Å². The quantitative estimate of drug-likeness (QED) is 0.773. The highest BCUT2D eigenvalue weighted by Crippen LogP contribution is 2.17. The summed E-state index contributed by atoms with van der Waals surface area (Å²) in [5, 5.41) is 11.9. The van der Waals surface area contributed by atoms with Gasteiger partial charge in [0.25, 0.3) is 0 Å². The summed E-state index contributed by atoms with van der Waals surface area (Å²) in [5.41, 5.74) is 0.805. The summed E-state index contributed by atoms with van der Waals surface area (Å²) in [4.78, 5) is 25.0. The van der Waals surface area contributed by atoms with Crippen LogP contribution in [-0.4, -0.2) is 35.1 Å². The first-order valence-electron chi connectivity index (χ1n) is 7.40.